The van der Waals surface area contributed by atoms with Crippen LogP contribution in [0.15, 0.2) is 18.2 Å². The van der Waals surface area contributed by atoms with Gasteiger partial charge in [-0.05, 0) is 0 Å². The van der Waals surface area contributed by atoms with Crippen molar-refractivity contribution in [1.82, 2.24) is 0 Å². The summed E-state index contributed by atoms with van der Waals surface area (Å²) in [5, 5.41) is 0. The predicted molar refractivity (Wildman–Crippen MR) is 49.4 cm³/mol. The number of halogens is 3. The first-order valence-corrected chi connectivity index (χ1v) is 11.5. The summed E-state index contributed by atoms with van der Waals surface area (Å²) in [6.07, 6.45) is 5.15. The molecular weight excluding hydrogens is 306 g/mol. The molecule has 0 atom stereocenters. The standard InChI is InChI=1S/C5H7.2ClH.HI.Ti/c1-3-5-4-2;;;;/h1,3-5H,2H3;3*1H;/q-1;;;;+4/p-3. The van der Waals surface area contributed by atoms with E-state index in [4.69, 9.17) is 25.2 Å². The predicted octanol–water partition coefficient (Wildman–Crippen LogP) is 3.81. The molecule has 0 saturated carbocycles. The summed E-state index contributed by atoms with van der Waals surface area (Å²) >= 11 is 0.622. The number of rotatable bonds is 1. The molecule has 0 saturated heterocycles. The Morgan fingerprint density at radius 1 is 1.56 bits per heavy atom. The van der Waals surface area contributed by atoms with Gasteiger partial charge in [0.05, 0.1) is 0 Å². The van der Waals surface area contributed by atoms with Crippen molar-refractivity contribution in [3.8, 4) is 0 Å². The molecule has 0 aromatic carbocycles. The summed E-state index contributed by atoms with van der Waals surface area (Å²) in [4.78, 5) is 0. The van der Waals surface area contributed by atoms with Crippen LogP contribution in [0, 0.1) is 6.58 Å². The Bertz CT molecular complexity index is 80.3. The zero-order valence-electron chi connectivity index (χ0n) is 4.94. The molecule has 0 aromatic heterocycles. The molecule has 0 unspecified atom stereocenters. The van der Waals surface area contributed by atoms with E-state index < -0.39 is 12.0 Å². The van der Waals surface area contributed by atoms with E-state index in [0.29, 0.717) is 0 Å². The van der Waals surface area contributed by atoms with E-state index in [-0.39, 0.29) is 0 Å². The first-order chi connectivity index (χ1) is 4.15. The summed E-state index contributed by atoms with van der Waals surface area (Å²) in [5.41, 5.74) is 0. The molecule has 0 N–H and O–H groups in total. The number of allylic oxidation sites excluding steroid dienone is 3. The third-order valence-electron chi connectivity index (χ3n) is 0.304. The summed E-state index contributed by atoms with van der Waals surface area (Å²) in [7, 11) is 10.4. The van der Waals surface area contributed by atoms with Gasteiger partial charge in [-0.1, -0.05) is 6.92 Å². The van der Waals surface area contributed by atoms with E-state index >= 15 is 0 Å². The molecule has 0 aliphatic heterocycles. The second-order valence-corrected chi connectivity index (χ2v) is 15.2. The Kier molecular flexibility index (Phi) is 17.8. The fourth-order valence-electron chi connectivity index (χ4n) is 0.111. The van der Waals surface area contributed by atoms with Crippen molar-refractivity contribution >= 4 is 37.8 Å². The maximum absolute atomic E-state index is 5.19. The van der Waals surface area contributed by atoms with Crippen molar-refractivity contribution in [2.75, 3.05) is 0 Å². The van der Waals surface area contributed by atoms with Crippen molar-refractivity contribution in [2.45, 2.75) is 6.92 Å². The van der Waals surface area contributed by atoms with Gasteiger partial charge < -0.3 is 0 Å². The second kappa shape index (κ2) is 12.2. The van der Waals surface area contributed by atoms with Crippen LogP contribution < -0.4 is 0 Å². The molecule has 0 nitrogen and oxygen atoms in total. The molecule has 52 valence electrons. The van der Waals surface area contributed by atoms with Crippen LogP contribution in [0.5, 0.6) is 0 Å². The summed E-state index contributed by atoms with van der Waals surface area (Å²) in [6.45, 7) is 6.85. The molecule has 0 heterocycles. The van der Waals surface area contributed by atoms with Gasteiger partial charge in [0.2, 0.25) is 0 Å². The second-order valence-electron chi connectivity index (χ2n) is 0.933. The Balaban J connectivity index is 0. The van der Waals surface area contributed by atoms with Crippen LogP contribution in [0.25, 0.3) is 0 Å². The molecular formula is C5H7Cl2ITi. The van der Waals surface area contributed by atoms with E-state index in [1.54, 1.807) is 6.08 Å². The van der Waals surface area contributed by atoms with Gasteiger partial charge in [-0.15, -0.1) is 0 Å². The van der Waals surface area contributed by atoms with Crippen LogP contribution in [0.2, 0.25) is 0 Å². The fraction of sp³-hybridized carbons (Fsp3) is 0.200. The Labute approximate surface area is 80.6 Å². The van der Waals surface area contributed by atoms with E-state index in [2.05, 4.69) is 0 Å². The summed E-state index contributed by atoms with van der Waals surface area (Å²) in [5.74, 6) is 0. The third kappa shape index (κ3) is 43.6. The van der Waals surface area contributed by atoms with Gasteiger partial charge in [0.15, 0.2) is 0 Å². The number of hydrogen-bond donors (Lipinski definition) is 0. The third-order valence-corrected chi connectivity index (χ3v) is 0.304. The van der Waals surface area contributed by atoms with Crippen molar-refractivity contribution in [3.05, 3.63) is 24.8 Å². The topological polar surface area (TPSA) is 0 Å². The SMILES string of the molecule is [CH-]=CC=CC.[Cl][Ti+]([Cl])[I]. The van der Waals surface area contributed by atoms with Gasteiger partial charge in [0, 0.05) is 0 Å². The zero-order valence-corrected chi connectivity index (χ0v) is 10.2. The monoisotopic (exact) mass is 312 g/mol. The van der Waals surface area contributed by atoms with E-state index in [0.717, 1.165) is 0 Å². The molecule has 0 radical (unpaired) electrons. The van der Waals surface area contributed by atoms with Gasteiger partial charge in [0.1, 0.15) is 0 Å². The first-order valence-electron chi connectivity index (χ1n) is 2.14. The number of hydrogen-bond acceptors (Lipinski definition) is 0. The Morgan fingerprint density at radius 3 is 1.89 bits per heavy atom. The van der Waals surface area contributed by atoms with Crippen LogP contribution in [0.4, 0.5) is 0 Å². The van der Waals surface area contributed by atoms with Crippen LogP contribution >= 0.6 is 37.8 Å². The van der Waals surface area contributed by atoms with Crippen molar-refractivity contribution in [2.24, 2.45) is 0 Å². The fourth-order valence-corrected chi connectivity index (χ4v) is 0.111. The average molecular weight is 313 g/mol. The van der Waals surface area contributed by atoms with Crippen LogP contribution in [-0.2, 0) is 12.0 Å². The van der Waals surface area contributed by atoms with Crippen molar-refractivity contribution < 1.29 is 12.0 Å². The summed E-state index contributed by atoms with van der Waals surface area (Å²) in [6, 6.07) is 0. The molecule has 0 rings (SSSR count). The van der Waals surface area contributed by atoms with E-state index in [1.807, 2.05) is 32.2 Å². The van der Waals surface area contributed by atoms with Crippen LogP contribution in [0.3, 0.4) is 0 Å². The molecule has 0 aromatic rings. The van der Waals surface area contributed by atoms with Crippen LogP contribution in [0.1, 0.15) is 6.92 Å². The van der Waals surface area contributed by atoms with E-state index in [1.165, 1.54) is 6.08 Å². The van der Waals surface area contributed by atoms with Gasteiger partial charge in [-0.25, -0.2) is 12.2 Å². The molecule has 0 fully saturated rings. The quantitative estimate of drug-likeness (QED) is 0.299. The minimum absolute atomic E-state index is 1.42. The minimum atomic E-state index is -1.42. The van der Waals surface area contributed by atoms with E-state index in [9.17, 15) is 0 Å². The molecule has 0 aliphatic carbocycles. The molecule has 0 spiro atoms. The van der Waals surface area contributed by atoms with Gasteiger partial charge in [-0.2, -0.15) is 6.08 Å². The molecule has 9 heavy (non-hydrogen) atoms. The summed E-state index contributed by atoms with van der Waals surface area (Å²) < 4.78 is 0. The molecule has 0 amide bonds. The Hall–Kier alpha value is 1.50. The Morgan fingerprint density at radius 2 is 1.89 bits per heavy atom. The average Bonchev–Trinajstić information content (AvgIpc) is 1.66. The normalized spacial score (nSPS) is 8.00. The van der Waals surface area contributed by atoms with Crippen molar-refractivity contribution in [3.63, 3.8) is 0 Å². The van der Waals surface area contributed by atoms with Gasteiger partial charge >= 0.3 is 49.8 Å². The first kappa shape index (κ1) is 13.1. The van der Waals surface area contributed by atoms with Gasteiger partial charge in [0.25, 0.3) is 0 Å². The zero-order chi connectivity index (χ0) is 7.70. The molecule has 0 aliphatic rings. The maximum atomic E-state index is 5.19. The molecule has 0 bridgehead atoms. The molecule has 4 heteroatoms. The van der Waals surface area contributed by atoms with Gasteiger partial charge in [-0.3, -0.25) is 6.58 Å². The van der Waals surface area contributed by atoms with Crippen molar-refractivity contribution in [1.29, 1.82) is 0 Å². The van der Waals surface area contributed by atoms with Crippen LogP contribution in [-0.4, -0.2) is 0 Å².